The fourth-order valence-electron chi connectivity index (χ4n) is 1.41. The number of hydrogen-bond acceptors (Lipinski definition) is 6. The summed E-state index contributed by atoms with van der Waals surface area (Å²) in [5, 5.41) is 5.57. The summed E-state index contributed by atoms with van der Waals surface area (Å²) < 4.78 is 61.5. The van der Waals surface area contributed by atoms with Gasteiger partial charge in [0.15, 0.2) is 0 Å². The summed E-state index contributed by atoms with van der Waals surface area (Å²) in [5.41, 5.74) is 0.425. The summed E-state index contributed by atoms with van der Waals surface area (Å²) in [6.07, 6.45) is -1.17. The molecule has 1 aromatic carbocycles. The largest absolute Gasteiger partial charge is 0.497 e. The van der Waals surface area contributed by atoms with Crippen LogP contribution >= 0.6 is 0 Å². The van der Waals surface area contributed by atoms with E-state index in [1.54, 1.807) is 12.1 Å². The van der Waals surface area contributed by atoms with Gasteiger partial charge in [-0.25, -0.2) is 0 Å². The summed E-state index contributed by atoms with van der Waals surface area (Å²) >= 11 is 0. The molecule has 0 saturated heterocycles. The molecule has 0 amide bonds. The van der Waals surface area contributed by atoms with Crippen molar-refractivity contribution in [1.29, 1.82) is 0 Å². The van der Waals surface area contributed by atoms with Gasteiger partial charge in [-0.2, -0.15) is 17.2 Å². The van der Waals surface area contributed by atoms with E-state index < -0.39 is 34.7 Å². The molecule has 120 valence electrons. The molecule has 0 aromatic heterocycles. The van der Waals surface area contributed by atoms with Gasteiger partial charge >= 0.3 is 15.4 Å². The van der Waals surface area contributed by atoms with Crippen molar-refractivity contribution in [3.05, 3.63) is 29.8 Å². The van der Waals surface area contributed by atoms with Crippen LogP contribution in [-0.2, 0) is 19.0 Å². The lowest BCUT2D eigenvalue weighted by Crippen LogP contribution is -2.35. The number of aliphatic hydroxyl groups excluding tert-OH is 1. The van der Waals surface area contributed by atoms with Gasteiger partial charge in [-0.15, -0.1) is 0 Å². The Kier molecular flexibility index (Phi) is 6.02. The van der Waals surface area contributed by atoms with Gasteiger partial charge in [-0.3, -0.25) is 4.18 Å². The standard InChI is InChI=1S/C12H16F2O6S/c1-18-10-5-3-9(4-6-10)11(15)7-20-8-12(13,14)21(16,17)19-2/h3-6,11,15H,7-8H2,1-2H3. The predicted molar refractivity (Wildman–Crippen MR) is 69.6 cm³/mol. The fraction of sp³-hybridized carbons (Fsp3) is 0.500. The van der Waals surface area contributed by atoms with E-state index in [1.807, 2.05) is 0 Å². The molecule has 1 aromatic rings. The molecule has 0 bridgehead atoms. The first-order valence-corrected chi connectivity index (χ1v) is 7.22. The summed E-state index contributed by atoms with van der Waals surface area (Å²) in [6.45, 7) is -1.89. The Morgan fingerprint density at radius 2 is 1.81 bits per heavy atom. The molecular formula is C12H16F2O6S. The van der Waals surface area contributed by atoms with E-state index in [4.69, 9.17) is 4.74 Å². The topological polar surface area (TPSA) is 82.1 Å². The highest BCUT2D eigenvalue weighted by molar-refractivity contribution is 7.87. The number of rotatable bonds is 8. The minimum atomic E-state index is -5.03. The van der Waals surface area contributed by atoms with Crippen LogP contribution in [0.15, 0.2) is 24.3 Å². The van der Waals surface area contributed by atoms with Crippen LogP contribution in [-0.4, -0.2) is 46.2 Å². The molecule has 0 fully saturated rings. The van der Waals surface area contributed by atoms with Gasteiger partial charge in [0.25, 0.3) is 0 Å². The number of alkyl halides is 2. The third-order valence-electron chi connectivity index (χ3n) is 2.63. The molecule has 0 aliphatic rings. The Morgan fingerprint density at radius 3 is 2.29 bits per heavy atom. The predicted octanol–water partition coefficient (Wildman–Crippen LogP) is 1.31. The monoisotopic (exact) mass is 326 g/mol. The van der Waals surface area contributed by atoms with Crippen LogP contribution in [0, 0.1) is 0 Å². The number of aliphatic hydroxyl groups is 1. The molecule has 0 radical (unpaired) electrons. The van der Waals surface area contributed by atoms with Crippen molar-refractivity contribution >= 4 is 10.1 Å². The average Bonchev–Trinajstić information content (AvgIpc) is 2.46. The van der Waals surface area contributed by atoms with Crippen LogP contribution in [0.4, 0.5) is 8.78 Å². The molecule has 21 heavy (non-hydrogen) atoms. The van der Waals surface area contributed by atoms with Crippen molar-refractivity contribution < 1.29 is 36.0 Å². The number of hydrogen-bond donors (Lipinski definition) is 1. The van der Waals surface area contributed by atoms with Gasteiger partial charge in [0.2, 0.25) is 0 Å². The van der Waals surface area contributed by atoms with E-state index in [0.29, 0.717) is 18.4 Å². The third kappa shape index (κ3) is 4.60. The first-order chi connectivity index (χ1) is 9.73. The minimum absolute atomic E-state index is 0.425. The lowest BCUT2D eigenvalue weighted by atomic mass is 10.1. The number of ether oxygens (including phenoxy) is 2. The third-order valence-corrected chi connectivity index (χ3v) is 3.92. The Balaban J connectivity index is 2.55. The van der Waals surface area contributed by atoms with Crippen molar-refractivity contribution in [3.8, 4) is 5.75 Å². The van der Waals surface area contributed by atoms with E-state index in [0.717, 1.165) is 0 Å². The first-order valence-electron chi connectivity index (χ1n) is 5.81. The molecule has 0 saturated carbocycles. The number of methoxy groups -OCH3 is 1. The van der Waals surface area contributed by atoms with E-state index in [1.165, 1.54) is 19.2 Å². The maximum atomic E-state index is 13.2. The van der Waals surface area contributed by atoms with Gasteiger partial charge in [-0.1, -0.05) is 12.1 Å². The molecule has 9 heteroatoms. The van der Waals surface area contributed by atoms with Crippen LogP contribution in [0.3, 0.4) is 0 Å². The van der Waals surface area contributed by atoms with Crippen LogP contribution in [0.2, 0.25) is 0 Å². The zero-order valence-electron chi connectivity index (χ0n) is 11.5. The molecule has 1 atom stereocenters. The Hall–Kier alpha value is -1.29. The van der Waals surface area contributed by atoms with E-state index >= 15 is 0 Å². The van der Waals surface area contributed by atoms with Gasteiger partial charge in [-0.05, 0) is 17.7 Å². The molecule has 1 rings (SSSR count). The Morgan fingerprint density at radius 1 is 1.24 bits per heavy atom. The molecule has 0 aliphatic heterocycles. The molecule has 6 nitrogen and oxygen atoms in total. The summed E-state index contributed by atoms with van der Waals surface area (Å²) in [4.78, 5) is 0. The zero-order valence-corrected chi connectivity index (χ0v) is 12.3. The smallest absolute Gasteiger partial charge is 0.392 e. The summed E-state index contributed by atoms with van der Waals surface area (Å²) in [6, 6.07) is 6.25. The normalized spacial score (nSPS) is 14.0. The second kappa shape index (κ2) is 7.12. The quantitative estimate of drug-likeness (QED) is 0.726. The van der Waals surface area contributed by atoms with Crippen molar-refractivity contribution in [2.24, 2.45) is 0 Å². The van der Waals surface area contributed by atoms with Gasteiger partial charge in [0, 0.05) is 0 Å². The molecule has 1 unspecified atom stereocenters. The maximum Gasteiger partial charge on any atom is 0.392 e. The second-order valence-electron chi connectivity index (χ2n) is 4.06. The molecule has 1 N–H and O–H groups in total. The molecule has 0 spiro atoms. The molecular weight excluding hydrogens is 310 g/mol. The van der Waals surface area contributed by atoms with Crippen LogP contribution in [0.5, 0.6) is 5.75 Å². The van der Waals surface area contributed by atoms with E-state index in [-0.39, 0.29) is 0 Å². The minimum Gasteiger partial charge on any atom is -0.497 e. The van der Waals surface area contributed by atoms with Crippen molar-refractivity contribution in [2.45, 2.75) is 11.4 Å². The van der Waals surface area contributed by atoms with E-state index in [2.05, 4.69) is 8.92 Å². The highest BCUT2D eigenvalue weighted by Crippen LogP contribution is 2.24. The molecule has 0 aliphatic carbocycles. The fourth-order valence-corrected chi connectivity index (χ4v) is 1.88. The Bertz CT molecular complexity index is 543. The van der Waals surface area contributed by atoms with Gasteiger partial charge in [0.05, 0.1) is 20.8 Å². The van der Waals surface area contributed by atoms with Crippen molar-refractivity contribution in [1.82, 2.24) is 0 Å². The van der Waals surface area contributed by atoms with Crippen LogP contribution in [0.25, 0.3) is 0 Å². The van der Waals surface area contributed by atoms with E-state index in [9.17, 15) is 22.3 Å². The highest BCUT2D eigenvalue weighted by atomic mass is 32.2. The van der Waals surface area contributed by atoms with Gasteiger partial charge in [0.1, 0.15) is 18.5 Å². The first kappa shape index (κ1) is 17.8. The lowest BCUT2D eigenvalue weighted by Gasteiger charge is -2.17. The van der Waals surface area contributed by atoms with Crippen molar-refractivity contribution in [3.63, 3.8) is 0 Å². The maximum absolute atomic E-state index is 13.2. The number of benzene rings is 1. The second-order valence-corrected chi connectivity index (χ2v) is 5.90. The van der Waals surface area contributed by atoms with Crippen LogP contribution < -0.4 is 4.74 Å². The highest BCUT2D eigenvalue weighted by Gasteiger charge is 2.46. The summed E-state index contributed by atoms with van der Waals surface area (Å²) in [7, 11) is -2.91. The van der Waals surface area contributed by atoms with Crippen LogP contribution in [0.1, 0.15) is 11.7 Å². The average molecular weight is 326 g/mol. The number of halogens is 2. The van der Waals surface area contributed by atoms with Crippen molar-refractivity contribution in [2.75, 3.05) is 27.4 Å². The lowest BCUT2D eigenvalue weighted by molar-refractivity contribution is -0.0471. The summed E-state index contributed by atoms with van der Waals surface area (Å²) in [5.74, 6) is 0.574. The zero-order chi connectivity index (χ0) is 16.1. The van der Waals surface area contributed by atoms with Gasteiger partial charge < -0.3 is 14.6 Å². The SMILES string of the molecule is COc1ccc(C(O)COCC(F)(F)S(=O)(=O)OC)cc1. The molecule has 0 heterocycles. The Labute approximate surface area is 121 Å².